The number of fused-ring (bicyclic) bond motifs is 1. The third-order valence-electron chi connectivity index (χ3n) is 4.32. The summed E-state index contributed by atoms with van der Waals surface area (Å²) in [7, 11) is 1.73. The van der Waals surface area contributed by atoms with Crippen LogP contribution in [0.2, 0.25) is 0 Å². The molecule has 0 aliphatic heterocycles. The maximum absolute atomic E-state index is 13.0. The predicted octanol–water partition coefficient (Wildman–Crippen LogP) is 3.42. The summed E-state index contributed by atoms with van der Waals surface area (Å²) in [5, 5.41) is 2.90. The molecule has 1 atom stereocenters. The molecule has 0 aliphatic carbocycles. The fraction of sp³-hybridized carbons (Fsp3) is 0.263. The van der Waals surface area contributed by atoms with Crippen LogP contribution in [0, 0.1) is 5.82 Å². The van der Waals surface area contributed by atoms with Crippen LogP contribution in [0.25, 0.3) is 5.65 Å². The monoisotopic (exact) mass is 340 g/mol. The number of nitrogens with one attached hydrogen (secondary N) is 1. The molecular formula is C19H21FN4O. The zero-order valence-corrected chi connectivity index (χ0v) is 14.3. The Bertz CT molecular complexity index is 826. The largest absolute Gasteiger partial charge is 0.338 e. The lowest BCUT2D eigenvalue weighted by molar-refractivity contribution is 0.194. The van der Waals surface area contributed by atoms with E-state index in [-0.39, 0.29) is 17.9 Å². The summed E-state index contributed by atoms with van der Waals surface area (Å²) < 4.78 is 15.0. The Hall–Kier alpha value is -2.89. The van der Waals surface area contributed by atoms with Crippen LogP contribution < -0.4 is 5.32 Å². The van der Waals surface area contributed by atoms with Crippen molar-refractivity contribution in [2.24, 2.45) is 0 Å². The number of carbonyl (C=O) groups is 1. The third-order valence-corrected chi connectivity index (χ3v) is 4.32. The van der Waals surface area contributed by atoms with Gasteiger partial charge < -0.3 is 14.6 Å². The van der Waals surface area contributed by atoms with Gasteiger partial charge in [0.25, 0.3) is 0 Å². The van der Waals surface area contributed by atoms with Gasteiger partial charge in [0, 0.05) is 32.4 Å². The van der Waals surface area contributed by atoms with E-state index in [4.69, 9.17) is 0 Å². The maximum Gasteiger partial charge on any atom is 0.317 e. The van der Waals surface area contributed by atoms with Crippen molar-refractivity contribution in [3.8, 4) is 0 Å². The highest BCUT2D eigenvalue weighted by Crippen LogP contribution is 2.18. The zero-order valence-electron chi connectivity index (χ0n) is 14.3. The van der Waals surface area contributed by atoms with Crippen molar-refractivity contribution in [1.82, 2.24) is 19.6 Å². The first-order chi connectivity index (χ1) is 12.0. The Morgan fingerprint density at radius 3 is 2.76 bits per heavy atom. The van der Waals surface area contributed by atoms with Crippen molar-refractivity contribution in [2.75, 3.05) is 13.6 Å². The molecule has 0 spiro atoms. The van der Waals surface area contributed by atoms with Crippen molar-refractivity contribution < 1.29 is 9.18 Å². The number of amides is 2. The number of benzene rings is 1. The number of urea groups is 1. The Labute approximate surface area is 146 Å². The number of hydrogen-bond acceptors (Lipinski definition) is 2. The van der Waals surface area contributed by atoms with Crippen LogP contribution >= 0.6 is 0 Å². The summed E-state index contributed by atoms with van der Waals surface area (Å²) in [5.41, 5.74) is 2.71. The highest BCUT2D eigenvalue weighted by Gasteiger charge is 2.17. The molecule has 5 nitrogen and oxygen atoms in total. The average Bonchev–Trinajstić information content (AvgIpc) is 3.03. The van der Waals surface area contributed by atoms with Gasteiger partial charge >= 0.3 is 6.03 Å². The molecular weight excluding hydrogens is 319 g/mol. The van der Waals surface area contributed by atoms with E-state index in [1.54, 1.807) is 24.1 Å². The highest BCUT2D eigenvalue weighted by atomic mass is 19.1. The molecule has 3 aromatic rings. The molecule has 2 amide bonds. The van der Waals surface area contributed by atoms with Gasteiger partial charge in [-0.1, -0.05) is 18.2 Å². The van der Waals surface area contributed by atoms with Gasteiger partial charge in [-0.05, 0) is 36.8 Å². The van der Waals surface area contributed by atoms with Crippen molar-refractivity contribution in [2.45, 2.75) is 19.4 Å². The first-order valence-corrected chi connectivity index (χ1v) is 8.23. The van der Waals surface area contributed by atoms with Crippen LogP contribution in [0.1, 0.15) is 24.2 Å². The molecule has 1 N–H and O–H groups in total. The van der Waals surface area contributed by atoms with Gasteiger partial charge in [0.05, 0.1) is 11.7 Å². The molecule has 0 radical (unpaired) electrons. The minimum Gasteiger partial charge on any atom is -0.338 e. The number of aromatic nitrogens is 2. The first kappa shape index (κ1) is 17.0. The predicted molar refractivity (Wildman–Crippen MR) is 94.9 cm³/mol. The van der Waals surface area contributed by atoms with E-state index in [9.17, 15) is 9.18 Å². The maximum atomic E-state index is 13.0. The van der Waals surface area contributed by atoms with Crippen LogP contribution in [0.5, 0.6) is 0 Å². The van der Waals surface area contributed by atoms with E-state index in [2.05, 4.69) is 10.3 Å². The SMILES string of the molecule is CC(c1ccc(F)cc1)N(C)C(=O)NCCc1cn2ccccc2n1. The standard InChI is InChI=1S/C19H21FN4O/c1-14(15-6-8-16(20)9-7-15)23(2)19(25)21-11-10-17-13-24-12-4-3-5-18(24)22-17/h3-9,12-14H,10-11H2,1-2H3,(H,21,25). The summed E-state index contributed by atoms with van der Waals surface area (Å²) in [6, 6.07) is 11.7. The number of pyridine rings is 1. The number of rotatable bonds is 5. The van der Waals surface area contributed by atoms with Gasteiger partial charge in [-0.3, -0.25) is 0 Å². The van der Waals surface area contributed by atoms with Crippen LogP contribution in [-0.2, 0) is 6.42 Å². The van der Waals surface area contributed by atoms with Crippen LogP contribution in [-0.4, -0.2) is 33.9 Å². The summed E-state index contributed by atoms with van der Waals surface area (Å²) in [6.07, 6.45) is 4.57. The quantitative estimate of drug-likeness (QED) is 0.774. The Balaban J connectivity index is 1.53. The van der Waals surface area contributed by atoms with Gasteiger partial charge in [0.15, 0.2) is 0 Å². The van der Waals surface area contributed by atoms with E-state index in [1.165, 1.54) is 12.1 Å². The fourth-order valence-electron chi connectivity index (χ4n) is 2.67. The molecule has 0 fully saturated rings. The summed E-state index contributed by atoms with van der Waals surface area (Å²) in [4.78, 5) is 18.4. The Morgan fingerprint density at radius 2 is 2.04 bits per heavy atom. The molecule has 3 rings (SSSR count). The van der Waals surface area contributed by atoms with E-state index in [0.717, 1.165) is 16.9 Å². The van der Waals surface area contributed by atoms with E-state index >= 15 is 0 Å². The van der Waals surface area contributed by atoms with Gasteiger partial charge in [0.1, 0.15) is 11.5 Å². The Morgan fingerprint density at radius 1 is 1.28 bits per heavy atom. The van der Waals surface area contributed by atoms with Gasteiger partial charge in [-0.15, -0.1) is 0 Å². The second-order valence-corrected chi connectivity index (χ2v) is 6.02. The van der Waals surface area contributed by atoms with Crippen molar-refractivity contribution in [3.05, 3.63) is 71.9 Å². The molecule has 0 bridgehead atoms. The van der Waals surface area contributed by atoms with E-state index in [0.29, 0.717) is 13.0 Å². The van der Waals surface area contributed by atoms with Crippen molar-refractivity contribution in [3.63, 3.8) is 0 Å². The summed E-state index contributed by atoms with van der Waals surface area (Å²) in [5.74, 6) is -0.282. The van der Waals surface area contributed by atoms with E-state index < -0.39 is 0 Å². The van der Waals surface area contributed by atoms with Crippen molar-refractivity contribution in [1.29, 1.82) is 0 Å². The van der Waals surface area contributed by atoms with Gasteiger partial charge in [0.2, 0.25) is 0 Å². The molecule has 0 saturated heterocycles. The lowest BCUT2D eigenvalue weighted by Gasteiger charge is -2.25. The van der Waals surface area contributed by atoms with Crippen LogP contribution in [0.15, 0.2) is 54.9 Å². The van der Waals surface area contributed by atoms with Crippen LogP contribution in [0.4, 0.5) is 9.18 Å². The van der Waals surface area contributed by atoms with Gasteiger partial charge in [-0.25, -0.2) is 14.2 Å². The molecule has 1 unspecified atom stereocenters. The molecule has 2 heterocycles. The number of nitrogens with zero attached hydrogens (tertiary/aromatic N) is 3. The summed E-state index contributed by atoms with van der Waals surface area (Å²) in [6.45, 7) is 2.41. The minimum absolute atomic E-state index is 0.143. The molecule has 130 valence electrons. The number of imidazole rings is 1. The smallest absolute Gasteiger partial charge is 0.317 e. The fourth-order valence-corrected chi connectivity index (χ4v) is 2.67. The highest BCUT2D eigenvalue weighted by molar-refractivity contribution is 5.74. The minimum atomic E-state index is -0.282. The number of hydrogen-bond donors (Lipinski definition) is 1. The normalized spacial score (nSPS) is 12.1. The lowest BCUT2D eigenvalue weighted by Crippen LogP contribution is -2.39. The first-order valence-electron chi connectivity index (χ1n) is 8.23. The topological polar surface area (TPSA) is 49.6 Å². The second-order valence-electron chi connectivity index (χ2n) is 6.02. The number of carbonyl (C=O) groups excluding carboxylic acids is 1. The molecule has 0 saturated carbocycles. The second kappa shape index (κ2) is 7.34. The van der Waals surface area contributed by atoms with Gasteiger partial charge in [-0.2, -0.15) is 0 Å². The molecule has 1 aromatic carbocycles. The molecule has 0 aliphatic rings. The van der Waals surface area contributed by atoms with E-state index in [1.807, 2.05) is 41.9 Å². The van der Waals surface area contributed by atoms with Crippen molar-refractivity contribution >= 4 is 11.7 Å². The van der Waals surface area contributed by atoms with Crippen LogP contribution in [0.3, 0.4) is 0 Å². The molecule has 2 aromatic heterocycles. The lowest BCUT2D eigenvalue weighted by atomic mass is 10.1. The molecule has 6 heteroatoms. The Kier molecular flexibility index (Phi) is 4.97. The average molecular weight is 340 g/mol. The number of halogens is 1. The third kappa shape index (κ3) is 3.96. The zero-order chi connectivity index (χ0) is 17.8. The molecule has 25 heavy (non-hydrogen) atoms. The summed E-state index contributed by atoms with van der Waals surface area (Å²) >= 11 is 0.